The van der Waals surface area contributed by atoms with Crippen LogP contribution in [0.4, 0.5) is 16.2 Å². The average molecular weight is 479 g/mol. The Bertz CT molecular complexity index is 1070. The Morgan fingerprint density at radius 2 is 1.62 bits per heavy atom. The molecule has 0 aromatic heterocycles. The van der Waals surface area contributed by atoms with E-state index in [0.717, 1.165) is 12.8 Å². The fourth-order valence-corrected chi connectivity index (χ4v) is 5.45. The third kappa shape index (κ3) is 5.79. The molecule has 1 heterocycles. The summed E-state index contributed by atoms with van der Waals surface area (Å²) < 4.78 is 27.2. The topological polar surface area (TPSA) is 108 Å². The Balaban J connectivity index is 1.73. The number of hydrogen-bond donors (Lipinski definition) is 3. The highest BCUT2D eigenvalue weighted by atomic mass is 35.5. The zero-order valence-electron chi connectivity index (χ0n) is 18.0. The number of hydrogen-bond acceptors (Lipinski definition) is 4. The van der Waals surface area contributed by atoms with E-state index in [2.05, 4.69) is 16.0 Å². The standard InChI is InChI=1S/C22H27ClN4O4S/c1-15(2)20(26-22(29)25-16-8-4-3-5-9-16)21(28)24-17-10-11-18(23)19(14-17)32(30,31)27-12-6-7-13-27/h3-5,8-11,14-15,20H,6-7,12-13H2,1-2H3,(H,24,28)(H2,25,26,29). The van der Waals surface area contributed by atoms with Gasteiger partial charge in [0.1, 0.15) is 10.9 Å². The summed E-state index contributed by atoms with van der Waals surface area (Å²) in [4.78, 5) is 25.2. The molecular formula is C22H27ClN4O4S. The van der Waals surface area contributed by atoms with Crippen LogP contribution in [0.2, 0.25) is 5.02 Å². The SMILES string of the molecule is CC(C)C(NC(=O)Nc1ccccc1)C(=O)Nc1ccc(Cl)c(S(=O)(=O)N2CCCC2)c1. The van der Waals surface area contributed by atoms with Gasteiger partial charge in [-0.1, -0.05) is 43.6 Å². The maximum absolute atomic E-state index is 12.9. The molecule has 0 bridgehead atoms. The quantitative estimate of drug-likeness (QED) is 0.560. The molecule has 2 aromatic rings. The lowest BCUT2D eigenvalue weighted by Crippen LogP contribution is -2.48. The molecule has 3 rings (SSSR count). The molecule has 0 radical (unpaired) electrons. The molecule has 0 spiro atoms. The van der Waals surface area contributed by atoms with Gasteiger partial charge in [-0.2, -0.15) is 4.31 Å². The summed E-state index contributed by atoms with van der Waals surface area (Å²) in [6, 6.07) is 11.9. The number of carbonyl (C=O) groups excluding carboxylic acids is 2. The summed E-state index contributed by atoms with van der Waals surface area (Å²) in [6.45, 7) is 4.51. The van der Waals surface area contributed by atoms with Gasteiger partial charge in [0.2, 0.25) is 15.9 Å². The van der Waals surface area contributed by atoms with E-state index >= 15 is 0 Å². The van der Waals surface area contributed by atoms with Gasteiger partial charge in [0.15, 0.2) is 0 Å². The molecule has 8 nitrogen and oxygen atoms in total. The summed E-state index contributed by atoms with van der Waals surface area (Å²) in [6.07, 6.45) is 1.61. The number of nitrogens with one attached hydrogen (secondary N) is 3. The number of halogens is 1. The molecule has 10 heteroatoms. The van der Waals surface area contributed by atoms with Crippen molar-refractivity contribution in [2.75, 3.05) is 23.7 Å². The van der Waals surface area contributed by atoms with Gasteiger partial charge in [-0.05, 0) is 49.1 Å². The molecule has 3 N–H and O–H groups in total. The van der Waals surface area contributed by atoms with Crippen LogP contribution in [0, 0.1) is 5.92 Å². The van der Waals surface area contributed by atoms with Crippen LogP contribution in [0.3, 0.4) is 0 Å². The second kappa shape index (κ2) is 10.3. The van der Waals surface area contributed by atoms with Gasteiger partial charge < -0.3 is 16.0 Å². The first-order valence-corrected chi connectivity index (χ1v) is 12.2. The van der Waals surface area contributed by atoms with Gasteiger partial charge in [0.05, 0.1) is 5.02 Å². The molecule has 1 saturated heterocycles. The van der Waals surface area contributed by atoms with Crippen molar-refractivity contribution in [1.82, 2.24) is 9.62 Å². The predicted octanol–water partition coefficient (Wildman–Crippen LogP) is 3.91. The van der Waals surface area contributed by atoms with Crippen molar-refractivity contribution < 1.29 is 18.0 Å². The van der Waals surface area contributed by atoms with Gasteiger partial charge >= 0.3 is 6.03 Å². The first kappa shape index (κ1) is 24.0. The Hall–Kier alpha value is -2.62. The fourth-order valence-electron chi connectivity index (χ4n) is 3.43. The summed E-state index contributed by atoms with van der Waals surface area (Å²) in [5, 5.41) is 8.15. The van der Waals surface area contributed by atoms with Crippen molar-refractivity contribution in [3.63, 3.8) is 0 Å². The summed E-state index contributed by atoms with van der Waals surface area (Å²) >= 11 is 6.17. The smallest absolute Gasteiger partial charge is 0.319 e. The molecule has 1 aliphatic rings. The van der Waals surface area contributed by atoms with E-state index < -0.39 is 28.0 Å². The van der Waals surface area contributed by atoms with E-state index in [4.69, 9.17) is 11.6 Å². The van der Waals surface area contributed by atoms with Crippen molar-refractivity contribution in [2.45, 2.75) is 37.6 Å². The second-order valence-electron chi connectivity index (χ2n) is 7.93. The van der Waals surface area contributed by atoms with Crippen molar-refractivity contribution >= 4 is 44.9 Å². The Morgan fingerprint density at radius 3 is 2.25 bits per heavy atom. The van der Waals surface area contributed by atoms with Gasteiger partial charge in [0, 0.05) is 24.5 Å². The number of rotatable bonds is 7. The van der Waals surface area contributed by atoms with Crippen molar-refractivity contribution in [1.29, 1.82) is 0 Å². The van der Waals surface area contributed by atoms with E-state index in [1.165, 1.54) is 22.5 Å². The summed E-state index contributed by atoms with van der Waals surface area (Å²) in [5.41, 5.74) is 0.885. The summed E-state index contributed by atoms with van der Waals surface area (Å²) in [5.74, 6) is -0.674. The zero-order chi connectivity index (χ0) is 23.3. The van der Waals surface area contributed by atoms with Gasteiger partial charge in [-0.3, -0.25) is 4.79 Å². The second-order valence-corrected chi connectivity index (χ2v) is 10.2. The molecule has 1 atom stereocenters. The van der Waals surface area contributed by atoms with E-state index in [-0.39, 0.29) is 21.5 Å². The first-order chi connectivity index (χ1) is 15.2. The molecule has 172 valence electrons. The number of urea groups is 1. The highest BCUT2D eigenvalue weighted by Crippen LogP contribution is 2.29. The van der Waals surface area contributed by atoms with Gasteiger partial charge in [-0.25, -0.2) is 13.2 Å². The van der Waals surface area contributed by atoms with Gasteiger partial charge in [0.25, 0.3) is 0 Å². The molecule has 1 fully saturated rings. The molecule has 0 aliphatic carbocycles. The first-order valence-electron chi connectivity index (χ1n) is 10.4. The lowest BCUT2D eigenvalue weighted by molar-refractivity contribution is -0.118. The molecule has 1 unspecified atom stereocenters. The van der Waals surface area contributed by atoms with E-state index in [1.54, 1.807) is 38.1 Å². The van der Waals surface area contributed by atoms with Crippen molar-refractivity contribution in [3.05, 3.63) is 53.6 Å². The van der Waals surface area contributed by atoms with Crippen LogP contribution in [-0.2, 0) is 14.8 Å². The highest BCUT2D eigenvalue weighted by molar-refractivity contribution is 7.89. The Labute approximate surface area is 193 Å². The van der Waals surface area contributed by atoms with Crippen LogP contribution >= 0.6 is 11.6 Å². The van der Waals surface area contributed by atoms with Gasteiger partial charge in [-0.15, -0.1) is 0 Å². The number of anilines is 2. The third-order valence-corrected chi connectivity index (χ3v) is 7.53. The van der Waals surface area contributed by atoms with Crippen LogP contribution in [0.15, 0.2) is 53.4 Å². The number of nitrogens with zero attached hydrogens (tertiary/aromatic N) is 1. The lowest BCUT2D eigenvalue weighted by Gasteiger charge is -2.22. The van der Waals surface area contributed by atoms with Crippen LogP contribution in [0.1, 0.15) is 26.7 Å². The van der Waals surface area contributed by atoms with Crippen molar-refractivity contribution in [3.8, 4) is 0 Å². The molecule has 32 heavy (non-hydrogen) atoms. The maximum Gasteiger partial charge on any atom is 0.319 e. The predicted molar refractivity (Wildman–Crippen MR) is 125 cm³/mol. The van der Waals surface area contributed by atoms with Crippen LogP contribution in [-0.4, -0.2) is 43.8 Å². The minimum absolute atomic E-state index is 0.0465. The fraction of sp³-hybridized carbons (Fsp3) is 0.364. The number of sulfonamides is 1. The van der Waals surface area contributed by atoms with Crippen LogP contribution < -0.4 is 16.0 Å². The maximum atomic E-state index is 12.9. The van der Waals surface area contributed by atoms with Crippen LogP contribution in [0.5, 0.6) is 0 Å². The highest BCUT2D eigenvalue weighted by Gasteiger charge is 2.30. The molecule has 3 amide bonds. The molecule has 0 saturated carbocycles. The zero-order valence-corrected chi connectivity index (χ0v) is 19.5. The molecular weight excluding hydrogens is 452 g/mol. The number of amides is 3. The Kier molecular flexibility index (Phi) is 7.76. The van der Waals surface area contributed by atoms with Crippen molar-refractivity contribution in [2.24, 2.45) is 5.92 Å². The lowest BCUT2D eigenvalue weighted by atomic mass is 10.0. The summed E-state index contributed by atoms with van der Waals surface area (Å²) in [7, 11) is -3.75. The minimum Gasteiger partial charge on any atom is -0.326 e. The molecule has 2 aromatic carbocycles. The largest absolute Gasteiger partial charge is 0.326 e. The monoisotopic (exact) mass is 478 g/mol. The van der Waals surface area contributed by atoms with E-state index in [9.17, 15) is 18.0 Å². The number of benzene rings is 2. The average Bonchev–Trinajstić information content (AvgIpc) is 3.29. The minimum atomic E-state index is -3.75. The normalized spacial score (nSPS) is 15.4. The van der Waals surface area contributed by atoms with E-state index in [1.807, 2.05) is 6.07 Å². The van der Waals surface area contributed by atoms with E-state index in [0.29, 0.717) is 18.8 Å². The number of carbonyl (C=O) groups is 2. The Morgan fingerprint density at radius 1 is 0.969 bits per heavy atom. The van der Waals surface area contributed by atoms with Crippen LogP contribution in [0.25, 0.3) is 0 Å². The third-order valence-electron chi connectivity index (χ3n) is 5.15. The number of para-hydroxylation sites is 1. The molecule has 1 aliphatic heterocycles.